The molecule has 102 valence electrons. The van der Waals surface area contributed by atoms with Gasteiger partial charge in [-0.05, 0) is 18.4 Å². The topological polar surface area (TPSA) is 38.0 Å². The first kappa shape index (κ1) is 15.1. The number of benzene rings is 1. The molecule has 1 aromatic carbocycles. The zero-order valence-electron chi connectivity index (χ0n) is 11.1. The fourth-order valence-electron chi connectivity index (χ4n) is 1.91. The molecule has 3 N–H and O–H groups in total. The highest BCUT2D eigenvalue weighted by Gasteiger charge is 2.09. The number of unbranched alkanes of at least 4 members (excludes halogenated alkanes) is 1. The minimum Gasteiger partial charge on any atom is -0.397 e. The number of nitrogens with two attached hydrogens (primary N) is 1. The average molecular weight is 273 g/mol. The Hall–Kier alpha value is -0.960. The Morgan fingerprint density at radius 1 is 1.39 bits per heavy atom. The van der Waals surface area contributed by atoms with Crippen LogP contribution in [0.1, 0.15) is 39.5 Å². The first-order valence-electron chi connectivity index (χ1n) is 6.56. The lowest BCUT2D eigenvalue weighted by molar-refractivity contribution is 0.473. The van der Waals surface area contributed by atoms with Gasteiger partial charge in [0, 0.05) is 12.6 Å². The van der Waals surface area contributed by atoms with Gasteiger partial charge in [-0.25, -0.2) is 4.39 Å². The number of nitrogen functional groups attached to an aromatic ring is 1. The molecule has 0 aliphatic heterocycles. The van der Waals surface area contributed by atoms with Crippen LogP contribution in [-0.2, 0) is 0 Å². The van der Waals surface area contributed by atoms with Crippen molar-refractivity contribution in [2.45, 2.75) is 39.5 Å². The van der Waals surface area contributed by atoms with Gasteiger partial charge in [-0.1, -0.05) is 44.7 Å². The third-order valence-electron chi connectivity index (χ3n) is 3.22. The molecule has 0 saturated heterocycles. The van der Waals surface area contributed by atoms with E-state index < -0.39 is 5.82 Å². The van der Waals surface area contributed by atoms with Crippen LogP contribution >= 0.6 is 11.6 Å². The van der Waals surface area contributed by atoms with E-state index in [1.54, 1.807) is 6.07 Å². The zero-order chi connectivity index (χ0) is 13.5. The Labute approximate surface area is 114 Å². The van der Waals surface area contributed by atoms with E-state index in [1.165, 1.54) is 25.3 Å². The van der Waals surface area contributed by atoms with Crippen molar-refractivity contribution < 1.29 is 4.39 Å². The number of halogens is 2. The van der Waals surface area contributed by atoms with Crippen LogP contribution < -0.4 is 11.1 Å². The van der Waals surface area contributed by atoms with Crippen LogP contribution in [0, 0.1) is 11.7 Å². The summed E-state index contributed by atoms with van der Waals surface area (Å²) < 4.78 is 13.2. The highest BCUT2D eigenvalue weighted by Crippen LogP contribution is 2.26. The summed E-state index contributed by atoms with van der Waals surface area (Å²) in [7, 11) is 0. The van der Waals surface area contributed by atoms with Gasteiger partial charge in [0.25, 0.3) is 0 Å². The molecule has 0 bridgehead atoms. The minimum atomic E-state index is -0.474. The second kappa shape index (κ2) is 7.47. The third kappa shape index (κ3) is 4.37. The average Bonchev–Trinajstić information content (AvgIpc) is 2.35. The molecule has 0 aromatic heterocycles. The summed E-state index contributed by atoms with van der Waals surface area (Å²) in [5, 5.41) is 3.37. The van der Waals surface area contributed by atoms with Crippen molar-refractivity contribution in [3.8, 4) is 0 Å². The van der Waals surface area contributed by atoms with Gasteiger partial charge in [0.05, 0.1) is 16.4 Å². The number of hydrogen-bond donors (Lipinski definition) is 2. The van der Waals surface area contributed by atoms with Crippen LogP contribution in [0.3, 0.4) is 0 Å². The van der Waals surface area contributed by atoms with Gasteiger partial charge in [0.1, 0.15) is 5.82 Å². The third-order valence-corrected chi connectivity index (χ3v) is 3.51. The van der Waals surface area contributed by atoms with Crippen LogP contribution in [-0.4, -0.2) is 6.54 Å². The lowest BCUT2D eigenvalue weighted by Gasteiger charge is -2.17. The van der Waals surface area contributed by atoms with Crippen molar-refractivity contribution in [2.24, 2.45) is 5.92 Å². The molecule has 0 fully saturated rings. The monoisotopic (exact) mass is 272 g/mol. The van der Waals surface area contributed by atoms with Crippen molar-refractivity contribution in [3.63, 3.8) is 0 Å². The summed E-state index contributed by atoms with van der Waals surface area (Å²) >= 11 is 5.75. The Balaban J connectivity index is 2.59. The van der Waals surface area contributed by atoms with Gasteiger partial charge < -0.3 is 11.1 Å². The van der Waals surface area contributed by atoms with Gasteiger partial charge in [0.15, 0.2) is 0 Å². The van der Waals surface area contributed by atoms with Gasteiger partial charge in [-0.3, -0.25) is 0 Å². The summed E-state index contributed by atoms with van der Waals surface area (Å²) in [6, 6.07) is 2.82. The van der Waals surface area contributed by atoms with Crippen LogP contribution in [0.5, 0.6) is 0 Å². The predicted molar refractivity (Wildman–Crippen MR) is 77.6 cm³/mol. The van der Waals surface area contributed by atoms with E-state index in [1.807, 2.05) is 0 Å². The van der Waals surface area contributed by atoms with Gasteiger partial charge in [0.2, 0.25) is 0 Å². The SMILES string of the molecule is CCCCC(CC)CNc1cc(Cl)c(F)cc1N. The van der Waals surface area contributed by atoms with Gasteiger partial charge in [-0.2, -0.15) is 0 Å². The second-order valence-electron chi connectivity index (χ2n) is 4.65. The molecule has 1 rings (SSSR count). The van der Waals surface area contributed by atoms with E-state index >= 15 is 0 Å². The van der Waals surface area contributed by atoms with Crippen molar-refractivity contribution >= 4 is 23.0 Å². The maximum atomic E-state index is 13.2. The van der Waals surface area contributed by atoms with Crippen LogP contribution in [0.15, 0.2) is 12.1 Å². The first-order chi connectivity index (χ1) is 8.58. The van der Waals surface area contributed by atoms with E-state index in [2.05, 4.69) is 19.2 Å². The zero-order valence-corrected chi connectivity index (χ0v) is 11.9. The normalized spacial score (nSPS) is 12.4. The molecule has 0 aliphatic rings. The van der Waals surface area contributed by atoms with Crippen LogP contribution in [0.25, 0.3) is 0 Å². The van der Waals surface area contributed by atoms with Crippen molar-refractivity contribution in [1.29, 1.82) is 0 Å². The molecule has 18 heavy (non-hydrogen) atoms. The highest BCUT2D eigenvalue weighted by atomic mass is 35.5. The van der Waals surface area contributed by atoms with Gasteiger partial charge >= 0.3 is 0 Å². The second-order valence-corrected chi connectivity index (χ2v) is 5.06. The Morgan fingerprint density at radius 3 is 2.72 bits per heavy atom. The maximum Gasteiger partial charge on any atom is 0.143 e. The molecule has 1 atom stereocenters. The molecular weight excluding hydrogens is 251 g/mol. The summed E-state index contributed by atoms with van der Waals surface area (Å²) in [5.41, 5.74) is 6.88. The molecule has 0 radical (unpaired) electrons. The van der Waals surface area contributed by atoms with Crippen molar-refractivity contribution in [2.75, 3.05) is 17.6 Å². The lowest BCUT2D eigenvalue weighted by Crippen LogP contribution is -2.14. The molecule has 1 unspecified atom stereocenters. The Kier molecular flexibility index (Phi) is 6.27. The Bertz CT molecular complexity index is 382. The number of anilines is 2. The molecule has 0 heterocycles. The van der Waals surface area contributed by atoms with E-state index in [4.69, 9.17) is 17.3 Å². The fraction of sp³-hybridized carbons (Fsp3) is 0.571. The molecular formula is C14H22ClFN2. The molecule has 0 spiro atoms. The smallest absolute Gasteiger partial charge is 0.143 e. The molecule has 0 saturated carbocycles. The number of nitrogens with one attached hydrogen (secondary N) is 1. The van der Waals surface area contributed by atoms with Crippen molar-refractivity contribution in [3.05, 3.63) is 23.0 Å². The molecule has 2 nitrogen and oxygen atoms in total. The summed E-state index contributed by atoms with van der Waals surface area (Å²) in [4.78, 5) is 0. The largest absolute Gasteiger partial charge is 0.397 e. The maximum absolute atomic E-state index is 13.2. The number of hydrogen-bond acceptors (Lipinski definition) is 2. The molecule has 0 aliphatic carbocycles. The highest BCUT2D eigenvalue weighted by molar-refractivity contribution is 6.31. The number of rotatable bonds is 7. The lowest BCUT2D eigenvalue weighted by atomic mass is 9.99. The van der Waals surface area contributed by atoms with Crippen molar-refractivity contribution in [1.82, 2.24) is 0 Å². The standard InChI is InChI=1S/C14H22ClFN2/c1-3-5-6-10(4-2)9-18-14-7-11(15)12(16)8-13(14)17/h7-8,10,18H,3-6,9,17H2,1-2H3. The molecule has 1 aromatic rings. The summed E-state index contributed by atoms with van der Waals surface area (Å²) in [6.45, 7) is 5.23. The van der Waals surface area contributed by atoms with E-state index in [0.717, 1.165) is 18.7 Å². The Morgan fingerprint density at radius 2 is 2.11 bits per heavy atom. The van der Waals surface area contributed by atoms with Crippen LogP contribution in [0.4, 0.5) is 15.8 Å². The van der Waals surface area contributed by atoms with Gasteiger partial charge in [-0.15, -0.1) is 0 Å². The minimum absolute atomic E-state index is 0.105. The fourth-order valence-corrected chi connectivity index (χ4v) is 2.08. The molecule has 0 amide bonds. The summed E-state index contributed by atoms with van der Waals surface area (Å²) in [5.74, 6) is 0.144. The van der Waals surface area contributed by atoms with E-state index in [0.29, 0.717) is 11.6 Å². The molecule has 4 heteroatoms. The summed E-state index contributed by atoms with van der Waals surface area (Å²) in [6.07, 6.45) is 4.78. The van der Waals surface area contributed by atoms with E-state index in [9.17, 15) is 4.39 Å². The van der Waals surface area contributed by atoms with Crippen LogP contribution in [0.2, 0.25) is 5.02 Å². The first-order valence-corrected chi connectivity index (χ1v) is 6.94. The quantitative estimate of drug-likeness (QED) is 0.707. The predicted octanol–water partition coefficient (Wildman–Crippen LogP) is 4.69. The van der Waals surface area contributed by atoms with E-state index in [-0.39, 0.29) is 5.02 Å².